The maximum absolute atomic E-state index is 10.1. The van der Waals surface area contributed by atoms with Crippen molar-refractivity contribution < 1.29 is 14.6 Å². The molecule has 1 aliphatic rings. The van der Waals surface area contributed by atoms with E-state index in [1.54, 1.807) is 6.92 Å². The summed E-state index contributed by atoms with van der Waals surface area (Å²) in [6.45, 7) is 2.20. The molecule has 62 valence electrons. The molecule has 11 heavy (non-hydrogen) atoms. The van der Waals surface area contributed by atoms with Crippen LogP contribution in [0.25, 0.3) is 0 Å². The summed E-state index contributed by atoms with van der Waals surface area (Å²) in [5, 5.41) is 9.59. The summed E-state index contributed by atoms with van der Waals surface area (Å²) < 4.78 is 5.12. The summed E-state index contributed by atoms with van der Waals surface area (Å²) >= 11 is 0. The molecule has 3 heteroatoms. The van der Waals surface area contributed by atoms with Crippen LogP contribution in [0, 0.1) is 0 Å². The molecular weight excluding hydrogens is 144 g/mol. The molecule has 1 unspecified atom stereocenters. The van der Waals surface area contributed by atoms with Crippen molar-refractivity contribution in [1.29, 1.82) is 0 Å². The van der Waals surface area contributed by atoms with Gasteiger partial charge in [0.25, 0.3) is 0 Å². The van der Waals surface area contributed by atoms with E-state index in [2.05, 4.69) is 0 Å². The Morgan fingerprint density at radius 2 is 2.64 bits per heavy atom. The third-order valence-electron chi connectivity index (χ3n) is 1.72. The molecule has 0 aromatic carbocycles. The van der Waals surface area contributed by atoms with Gasteiger partial charge < -0.3 is 14.6 Å². The summed E-state index contributed by atoms with van der Waals surface area (Å²) in [5.41, 5.74) is -1.10. The number of aliphatic hydroxyl groups is 1. The van der Waals surface area contributed by atoms with Gasteiger partial charge in [0.15, 0.2) is 0 Å². The van der Waals surface area contributed by atoms with Gasteiger partial charge in [0, 0.05) is 12.8 Å². The van der Waals surface area contributed by atoms with Crippen LogP contribution < -0.4 is 0 Å². The van der Waals surface area contributed by atoms with Gasteiger partial charge in [0.05, 0.1) is 6.61 Å². The normalized spacial score (nSPS) is 21.8. The first-order valence-electron chi connectivity index (χ1n) is 3.66. The smallest absolute Gasteiger partial charge is 0.125 e. The lowest BCUT2D eigenvalue weighted by Gasteiger charge is -2.21. The summed E-state index contributed by atoms with van der Waals surface area (Å²) in [6.07, 6.45) is 3.44. The molecule has 3 nitrogen and oxygen atoms in total. The van der Waals surface area contributed by atoms with Crippen molar-refractivity contribution in [2.24, 2.45) is 0 Å². The molecule has 0 radical (unpaired) electrons. The Balaban J connectivity index is 2.62. The Labute approximate surface area is 65.7 Å². The maximum Gasteiger partial charge on any atom is 0.125 e. The van der Waals surface area contributed by atoms with E-state index in [1.807, 2.05) is 6.08 Å². The highest BCUT2D eigenvalue weighted by Crippen LogP contribution is 2.24. The van der Waals surface area contributed by atoms with E-state index < -0.39 is 5.60 Å². The van der Waals surface area contributed by atoms with Gasteiger partial charge in [-0.2, -0.15) is 0 Å². The van der Waals surface area contributed by atoms with Gasteiger partial charge in [0.2, 0.25) is 0 Å². The zero-order valence-electron chi connectivity index (χ0n) is 6.54. The van der Waals surface area contributed by atoms with Crippen molar-refractivity contribution in [3.63, 3.8) is 0 Å². The SMILES string of the molecule is CC(O)(CC=O)C1=CCCO1. The van der Waals surface area contributed by atoms with Crippen LogP contribution in [0.3, 0.4) is 0 Å². The van der Waals surface area contributed by atoms with Gasteiger partial charge in [-0.1, -0.05) is 0 Å². The fourth-order valence-electron chi connectivity index (χ4n) is 1.06. The van der Waals surface area contributed by atoms with Gasteiger partial charge >= 0.3 is 0 Å². The summed E-state index contributed by atoms with van der Waals surface area (Å²) in [5.74, 6) is 0.532. The molecule has 0 amide bonds. The molecule has 0 saturated heterocycles. The van der Waals surface area contributed by atoms with Crippen molar-refractivity contribution in [3.8, 4) is 0 Å². The van der Waals surface area contributed by atoms with Crippen LogP contribution >= 0.6 is 0 Å². The predicted molar refractivity (Wildman–Crippen MR) is 40.0 cm³/mol. The molecule has 1 heterocycles. The topological polar surface area (TPSA) is 46.5 Å². The number of hydrogen-bond acceptors (Lipinski definition) is 3. The summed E-state index contributed by atoms with van der Waals surface area (Å²) in [6, 6.07) is 0. The molecule has 1 atom stereocenters. The Morgan fingerprint density at radius 3 is 3.09 bits per heavy atom. The van der Waals surface area contributed by atoms with Gasteiger partial charge in [-0.15, -0.1) is 0 Å². The molecule has 0 fully saturated rings. The van der Waals surface area contributed by atoms with Gasteiger partial charge in [-0.25, -0.2) is 0 Å². The largest absolute Gasteiger partial charge is 0.495 e. The Kier molecular flexibility index (Phi) is 2.29. The van der Waals surface area contributed by atoms with Crippen LogP contribution in [0.15, 0.2) is 11.8 Å². The lowest BCUT2D eigenvalue weighted by molar-refractivity contribution is -0.111. The quantitative estimate of drug-likeness (QED) is 0.609. The van der Waals surface area contributed by atoms with Crippen LogP contribution in [0.4, 0.5) is 0 Å². The molecular formula is C8H12O3. The highest BCUT2D eigenvalue weighted by atomic mass is 16.5. The minimum atomic E-state index is -1.10. The minimum Gasteiger partial charge on any atom is -0.495 e. The van der Waals surface area contributed by atoms with E-state index in [1.165, 1.54) is 0 Å². The van der Waals surface area contributed by atoms with Crippen molar-refractivity contribution >= 4 is 6.29 Å². The average molecular weight is 156 g/mol. The molecule has 0 aromatic heterocycles. The fourth-order valence-corrected chi connectivity index (χ4v) is 1.06. The van der Waals surface area contributed by atoms with Crippen LogP contribution in [0.2, 0.25) is 0 Å². The third kappa shape index (κ3) is 1.80. The number of aldehydes is 1. The van der Waals surface area contributed by atoms with Crippen LogP contribution in [-0.4, -0.2) is 23.6 Å². The predicted octanol–water partition coefficient (Wildman–Crippen LogP) is 0.631. The molecule has 1 aliphatic heterocycles. The molecule has 0 spiro atoms. The number of carbonyl (C=O) groups is 1. The molecule has 0 bridgehead atoms. The lowest BCUT2D eigenvalue weighted by atomic mass is 10.0. The van der Waals surface area contributed by atoms with E-state index in [0.717, 1.165) is 6.42 Å². The second kappa shape index (κ2) is 3.05. The van der Waals surface area contributed by atoms with Gasteiger partial charge in [-0.3, -0.25) is 0 Å². The Morgan fingerprint density at radius 1 is 1.91 bits per heavy atom. The molecule has 1 N–H and O–H groups in total. The zero-order chi connectivity index (χ0) is 8.32. The number of rotatable bonds is 3. The first-order valence-corrected chi connectivity index (χ1v) is 3.66. The number of ether oxygens (including phenoxy) is 1. The average Bonchev–Trinajstić information content (AvgIpc) is 2.37. The standard InChI is InChI=1S/C8H12O3/c1-8(10,4-5-9)7-3-2-6-11-7/h3,5,10H,2,4,6H2,1H3. The number of hydrogen-bond donors (Lipinski definition) is 1. The zero-order valence-corrected chi connectivity index (χ0v) is 6.54. The number of carbonyl (C=O) groups excluding carboxylic acids is 1. The Bertz CT molecular complexity index is 182. The molecule has 0 aromatic rings. The minimum absolute atomic E-state index is 0.0961. The van der Waals surface area contributed by atoms with Crippen molar-refractivity contribution in [3.05, 3.63) is 11.8 Å². The lowest BCUT2D eigenvalue weighted by Crippen LogP contribution is -2.27. The highest BCUT2D eigenvalue weighted by molar-refractivity contribution is 5.52. The van der Waals surface area contributed by atoms with E-state index in [4.69, 9.17) is 4.74 Å². The molecule has 0 saturated carbocycles. The first-order chi connectivity index (χ1) is 5.17. The van der Waals surface area contributed by atoms with Crippen molar-refractivity contribution in [2.75, 3.05) is 6.61 Å². The fraction of sp³-hybridized carbons (Fsp3) is 0.625. The Hall–Kier alpha value is -0.830. The van der Waals surface area contributed by atoms with Crippen molar-refractivity contribution in [2.45, 2.75) is 25.4 Å². The molecule has 0 aliphatic carbocycles. The summed E-state index contributed by atoms with van der Waals surface area (Å²) in [4.78, 5) is 10.1. The third-order valence-corrected chi connectivity index (χ3v) is 1.72. The van der Waals surface area contributed by atoms with Crippen LogP contribution in [-0.2, 0) is 9.53 Å². The van der Waals surface area contributed by atoms with E-state index in [0.29, 0.717) is 18.7 Å². The van der Waals surface area contributed by atoms with Crippen LogP contribution in [0.5, 0.6) is 0 Å². The van der Waals surface area contributed by atoms with Gasteiger partial charge in [-0.05, 0) is 13.0 Å². The monoisotopic (exact) mass is 156 g/mol. The summed E-state index contributed by atoms with van der Waals surface area (Å²) in [7, 11) is 0. The highest BCUT2D eigenvalue weighted by Gasteiger charge is 2.28. The van der Waals surface area contributed by atoms with Crippen LogP contribution in [0.1, 0.15) is 19.8 Å². The molecule has 1 rings (SSSR count). The van der Waals surface area contributed by atoms with Crippen molar-refractivity contribution in [1.82, 2.24) is 0 Å². The second-order valence-corrected chi connectivity index (χ2v) is 2.85. The van der Waals surface area contributed by atoms with E-state index in [9.17, 15) is 9.90 Å². The maximum atomic E-state index is 10.1. The van der Waals surface area contributed by atoms with E-state index >= 15 is 0 Å². The first kappa shape index (κ1) is 8.27. The second-order valence-electron chi connectivity index (χ2n) is 2.85. The van der Waals surface area contributed by atoms with E-state index in [-0.39, 0.29) is 6.42 Å². The van der Waals surface area contributed by atoms with Gasteiger partial charge in [0.1, 0.15) is 17.6 Å².